The first-order chi connectivity index (χ1) is 12.4. The first-order valence-electron chi connectivity index (χ1n) is 8.42. The number of anilines is 1. The number of ether oxygens (including phenoxy) is 2. The number of hydrogen-bond donors (Lipinski definition) is 1. The van der Waals surface area contributed by atoms with Crippen LogP contribution in [0.1, 0.15) is 12.5 Å². The van der Waals surface area contributed by atoms with Crippen LogP contribution < -0.4 is 14.8 Å². The second-order valence-electron chi connectivity index (χ2n) is 6.10. The number of hydrogen-bond acceptors (Lipinski definition) is 4. The Balaban J connectivity index is 1.92. The molecule has 0 aliphatic carbocycles. The third-order valence-electron chi connectivity index (χ3n) is 4.33. The Bertz CT molecular complexity index is 752. The van der Waals surface area contributed by atoms with Crippen LogP contribution in [-0.4, -0.2) is 44.7 Å². The zero-order valence-corrected chi connectivity index (χ0v) is 15.6. The molecule has 2 aromatic carbocycles. The van der Waals surface area contributed by atoms with E-state index in [2.05, 4.69) is 5.32 Å². The van der Waals surface area contributed by atoms with E-state index in [1.165, 1.54) is 12.1 Å². The van der Waals surface area contributed by atoms with Gasteiger partial charge >= 0.3 is 0 Å². The minimum atomic E-state index is -0.378. The van der Waals surface area contributed by atoms with E-state index < -0.39 is 0 Å². The van der Waals surface area contributed by atoms with Crippen LogP contribution in [0.25, 0.3) is 0 Å². The van der Waals surface area contributed by atoms with Crippen molar-refractivity contribution in [3.63, 3.8) is 0 Å². The number of carbonyl (C=O) groups excluding carboxylic acids is 1. The van der Waals surface area contributed by atoms with E-state index in [0.29, 0.717) is 23.7 Å². The molecule has 6 heteroatoms. The number of nitrogens with one attached hydrogen (secondary N) is 1. The molecule has 0 bridgehead atoms. The Morgan fingerprint density at radius 3 is 2.54 bits per heavy atom. The van der Waals surface area contributed by atoms with Crippen LogP contribution >= 0.6 is 0 Å². The van der Waals surface area contributed by atoms with Gasteiger partial charge in [0.05, 0.1) is 20.3 Å². The number of halogens is 1. The molecule has 0 saturated heterocycles. The van der Waals surface area contributed by atoms with Crippen LogP contribution in [0.4, 0.5) is 10.1 Å². The van der Waals surface area contributed by atoms with Crippen molar-refractivity contribution in [1.29, 1.82) is 0 Å². The van der Waals surface area contributed by atoms with E-state index in [9.17, 15) is 9.18 Å². The van der Waals surface area contributed by atoms with E-state index in [1.807, 2.05) is 37.1 Å². The van der Waals surface area contributed by atoms with Crippen molar-refractivity contribution in [2.45, 2.75) is 19.4 Å². The molecule has 0 spiro atoms. The molecule has 0 fully saturated rings. The smallest absolute Gasteiger partial charge is 0.241 e. The van der Waals surface area contributed by atoms with Gasteiger partial charge in [-0.25, -0.2) is 4.39 Å². The van der Waals surface area contributed by atoms with Gasteiger partial charge < -0.3 is 14.8 Å². The van der Waals surface area contributed by atoms with Gasteiger partial charge in [-0.05, 0) is 56.3 Å². The lowest BCUT2D eigenvalue weighted by atomic mass is 10.1. The molecule has 0 aliphatic heterocycles. The number of likely N-dealkylation sites (N-methyl/N-ethyl adjacent to an activating group) is 1. The summed E-state index contributed by atoms with van der Waals surface area (Å²) in [5.74, 6) is 0.819. The standard InChI is InChI=1S/C20H25FN2O3/c1-14(20(24)22-17-7-5-6-16(21)13-17)23(2)11-10-15-8-9-18(25-3)19(12-15)26-4/h5-9,12-14H,10-11H2,1-4H3,(H,22,24)/t14-/m1/s1. The number of carbonyl (C=O) groups is 1. The average Bonchev–Trinajstić information content (AvgIpc) is 2.65. The van der Waals surface area contributed by atoms with Gasteiger partial charge in [0.15, 0.2) is 11.5 Å². The van der Waals surface area contributed by atoms with Crippen molar-refractivity contribution in [2.24, 2.45) is 0 Å². The van der Waals surface area contributed by atoms with Crippen molar-refractivity contribution < 1.29 is 18.7 Å². The maximum Gasteiger partial charge on any atom is 0.241 e. The normalized spacial score (nSPS) is 11.9. The van der Waals surface area contributed by atoms with E-state index >= 15 is 0 Å². The summed E-state index contributed by atoms with van der Waals surface area (Å²) in [6.07, 6.45) is 0.758. The molecule has 26 heavy (non-hydrogen) atoms. The number of methoxy groups -OCH3 is 2. The van der Waals surface area contributed by atoms with Gasteiger partial charge in [-0.1, -0.05) is 12.1 Å². The minimum Gasteiger partial charge on any atom is -0.493 e. The molecule has 1 N–H and O–H groups in total. The molecule has 1 atom stereocenters. The Morgan fingerprint density at radius 1 is 1.15 bits per heavy atom. The van der Waals surface area contributed by atoms with Crippen molar-refractivity contribution in [3.8, 4) is 11.5 Å². The van der Waals surface area contributed by atoms with Gasteiger partial charge in [0, 0.05) is 12.2 Å². The molecule has 0 saturated carbocycles. The van der Waals surface area contributed by atoms with Crippen molar-refractivity contribution >= 4 is 11.6 Å². The monoisotopic (exact) mass is 360 g/mol. The predicted molar refractivity (Wildman–Crippen MR) is 100 cm³/mol. The third-order valence-corrected chi connectivity index (χ3v) is 4.33. The van der Waals surface area contributed by atoms with Crippen LogP contribution in [0.15, 0.2) is 42.5 Å². The maximum absolute atomic E-state index is 13.2. The second kappa shape index (κ2) is 9.20. The highest BCUT2D eigenvalue weighted by atomic mass is 19.1. The zero-order chi connectivity index (χ0) is 19.1. The largest absolute Gasteiger partial charge is 0.493 e. The number of rotatable bonds is 8. The molecule has 0 heterocycles. The summed E-state index contributed by atoms with van der Waals surface area (Å²) in [6, 6.07) is 11.3. The summed E-state index contributed by atoms with van der Waals surface area (Å²) >= 11 is 0. The maximum atomic E-state index is 13.2. The quantitative estimate of drug-likeness (QED) is 0.784. The molecule has 0 radical (unpaired) electrons. The van der Waals surface area contributed by atoms with Crippen molar-refractivity contribution in [3.05, 3.63) is 53.8 Å². The van der Waals surface area contributed by atoms with Gasteiger partial charge in [0.1, 0.15) is 5.82 Å². The lowest BCUT2D eigenvalue weighted by molar-refractivity contribution is -0.120. The van der Waals surface area contributed by atoms with Crippen molar-refractivity contribution in [2.75, 3.05) is 33.1 Å². The molecule has 140 valence electrons. The topological polar surface area (TPSA) is 50.8 Å². The Labute approximate surface area is 153 Å². The Kier molecular flexibility index (Phi) is 6.97. The highest BCUT2D eigenvalue weighted by Crippen LogP contribution is 2.27. The number of benzene rings is 2. The summed E-state index contributed by atoms with van der Waals surface area (Å²) in [6.45, 7) is 2.51. The third kappa shape index (κ3) is 5.20. The van der Waals surface area contributed by atoms with Crippen LogP contribution in [0.3, 0.4) is 0 Å². The highest BCUT2D eigenvalue weighted by molar-refractivity contribution is 5.94. The van der Waals surface area contributed by atoms with Gasteiger partial charge in [-0.15, -0.1) is 0 Å². The number of amides is 1. The molecule has 0 aromatic heterocycles. The zero-order valence-electron chi connectivity index (χ0n) is 15.6. The lowest BCUT2D eigenvalue weighted by Crippen LogP contribution is -2.40. The Morgan fingerprint density at radius 2 is 1.88 bits per heavy atom. The fourth-order valence-electron chi connectivity index (χ4n) is 2.55. The van der Waals surface area contributed by atoms with Gasteiger partial charge in [-0.3, -0.25) is 9.69 Å². The van der Waals surface area contributed by atoms with Crippen molar-refractivity contribution in [1.82, 2.24) is 4.90 Å². The molecular weight excluding hydrogens is 335 g/mol. The van der Waals surface area contributed by atoms with Gasteiger partial charge in [0.25, 0.3) is 0 Å². The summed E-state index contributed by atoms with van der Waals surface area (Å²) in [5.41, 5.74) is 1.54. The number of nitrogens with zero attached hydrogens (tertiary/aromatic N) is 1. The molecule has 0 aliphatic rings. The summed E-state index contributed by atoms with van der Waals surface area (Å²) < 4.78 is 23.8. The van der Waals surface area contributed by atoms with E-state index in [0.717, 1.165) is 12.0 Å². The molecule has 5 nitrogen and oxygen atoms in total. The fourth-order valence-corrected chi connectivity index (χ4v) is 2.55. The highest BCUT2D eigenvalue weighted by Gasteiger charge is 2.18. The first-order valence-corrected chi connectivity index (χ1v) is 8.42. The molecule has 2 rings (SSSR count). The predicted octanol–water partition coefficient (Wildman–Crippen LogP) is 3.34. The summed E-state index contributed by atoms with van der Waals surface area (Å²) in [5, 5.41) is 2.74. The summed E-state index contributed by atoms with van der Waals surface area (Å²) in [7, 11) is 5.09. The average molecular weight is 360 g/mol. The molecule has 1 amide bonds. The van der Waals surface area contributed by atoms with E-state index in [-0.39, 0.29) is 17.8 Å². The summed E-state index contributed by atoms with van der Waals surface area (Å²) in [4.78, 5) is 14.3. The SMILES string of the molecule is COc1ccc(CCN(C)[C@H](C)C(=O)Nc2cccc(F)c2)cc1OC. The minimum absolute atomic E-state index is 0.176. The lowest BCUT2D eigenvalue weighted by Gasteiger charge is -2.24. The van der Waals surface area contributed by atoms with Gasteiger partial charge in [0.2, 0.25) is 5.91 Å². The van der Waals surface area contributed by atoms with Crippen LogP contribution in [0, 0.1) is 5.82 Å². The second-order valence-corrected chi connectivity index (χ2v) is 6.10. The van der Waals surface area contributed by atoms with Crippen LogP contribution in [0.5, 0.6) is 11.5 Å². The molecular formula is C20H25FN2O3. The molecule has 0 unspecified atom stereocenters. The van der Waals surface area contributed by atoms with Gasteiger partial charge in [-0.2, -0.15) is 0 Å². The fraction of sp³-hybridized carbons (Fsp3) is 0.350. The van der Waals surface area contributed by atoms with Crippen LogP contribution in [0.2, 0.25) is 0 Å². The van der Waals surface area contributed by atoms with Crippen LogP contribution in [-0.2, 0) is 11.2 Å². The van der Waals surface area contributed by atoms with E-state index in [4.69, 9.17) is 9.47 Å². The van der Waals surface area contributed by atoms with E-state index in [1.54, 1.807) is 26.4 Å². The molecule has 2 aromatic rings. The Hall–Kier alpha value is -2.60. The first kappa shape index (κ1) is 19.7.